The number of alkyl carbamates (subject to hydrolysis) is 1. The lowest BCUT2D eigenvalue weighted by Gasteiger charge is -2.19. The molecule has 1 aromatic carbocycles. The quantitative estimate of drug-likeness (QED) is 0.185. The van der Waals surface area contributed by atoms with E-state index < -0.39 is 16.0 Å². The summed E-state index contributed by atoms with van der Waals surface area (Å²) in [5, 5.41) is 11.4. The monoisotopic (exact) mass is 587 g/mol. The average Bonchev–Trinajstić information content (AvgIpc) is 3.38. The van der Waals surface area contributed by atoms with Crippen LogP contribution < -0.4 is 14.8 Å². The minimum Gasteiger partial charge on any atom is -0.444 e. The van der Waals surface area contributed by atoms with Gasteiger partial charge in [-0.25, -0.2) is 14.3 Å². The number of carbonyl (C=O) groups is 1. The number of anilines is 1. The van der Waals surface area contributed by atoms with Gasteiger partial charge in [0.25, 0.3) is 0 Å². The summed E-state index contributed by atoms with van der Waals surface area (Å²) in [5.74, 6) is 0.716. The van der Waals surface area contributed by atoms with Crippen molar-refractivity contribution in [2.45, 2.75) is 79.9 Å². The number of H-pyrrole nitrogens is 1. The van der Waals surface area contributed by atoms with E-state index in [0.717, 1.165) is 51.4 Å². The van der Waals surface area contributed by atoms with Gasteiger partial charge < -0.3 is 15.0 Å². The van der Waals surface area contributed by atoms with Crippen LogP contribution in [-0.4, -0.2) is 60.0 Å². The number of unbranched alkanes of at least 4 members (excludes halogenated alkanes) is 2. The highest BCUT2D eigenvalue weighted by Gasteiger charge is 2.15. The van der Waals surface area contributed by atoms with E-state index in [1.807, 2.05) is 109 Å². The Hall–Kier alpha value is -3.03. The Morgan fingerprint density at radius 1 is 0.975 bits per heavy atom. The maximum Gasteiger partial charge on any atom is 0.419 e. The minimum absolute atomic E-state index is 0.362. The number of ether oxygens (including phenoxy) is 1. The number of hydrogen-bond acceptors (Lipinski definition) is 9. The second kappa shape index (κ2) is 21.8. The lowest BCUT2D eigenvalue weighted by Crippen LogP contribution is -2.33. The summed E-state index contributed by atoms with van der Waals surface area (Å²) in [6.07, 6.45) is 6.34. The summed E-state index contributed by atoms with van der Waals surface area (Å²) in [5.41, 5.74) is 1.47. The molecular weight excluding hydrogens is 536 g/mol. The molecule has 0 aliphatic carbocycles. The Morgan fingerprint density at radius 2 is 1.55 bits per heavy atom. The van der Waals surface area contributed by atoms with Crippen molar-refractivity contribution in [1.82, 2.24) is 10.3 Å². The highest BCUT2D eigenvalue weighted by molar-refractivity contribution is 7.81. The predicted octanol–water partition coefficient (Wildman–Crippen LogP) is 6.06. The fourth-order valence-electron chi connectivity index (χ4n) is 2.70. The minimum atomic E-state index is -3.66. The third-order valence-electron chi connectivity index (χ3n) is 4.52. The first kappa shape index (κ1) is 39.1. The first-order chi connectivity index (χ1) is 18.9. The van der Waals surface area contributed by atoms with Gasteiger partial charge in [0.15, 0.2) is 0 Å². The number of nitrogens with zero attached hydrogens (tertiary/aromatic N) is 4. The second-order valence-corrected chi connectivity index (χ2v) is 10.3. The molecule has 2 rings (SSSR count). The van der Waals surface area contributed by atoms with Crippen LogP contribution in [-0.2, 0) is 30.0 Å². The fourth-order valence-corrected chi connectivity index (χ4v) is 2.84. The van der Waals surface area contributed by atoms with Crippen molar-refractivity contribution in [2.24, 2.45) is 10.2 Å². The molecule has 2 N–H and O–H groups in total. The molecule has 1 amide bonds. The summed E-state index contributed by atoms with van der Waals surface area (Å²) in [6.45, 7) is 15.0. The summed E-state index contributed by atoms with van der Waals surface area (Å²) in [6, 6.07) is 7.93. The van der Waals surface area contributed by atoms with Gasteiger partial charge in [-0.1, -0.05) is 32.8 Å². The largest absolute Gasteiger partial charge is 0.444 e. The molecule has 2 aromatic rings. The Bertz CT molecular complexity index is 1040. The third-order valence-corrected chi connectivity index (χ3v) is 5.33. The van der Waals surface area contributed by atoms with Crippen LogP contribution in [0.2, 0.25) is 0 Å². The number of imidazole rings is 1. The molecule has 1 aromatic heterocycles. The summed E-state index contributed by atoms with van der Waals surface area (Å²) in [4.78, 5) is 16.8. The Balaban J connectivity index is 0. The van der Waals surface area contributed by atoms with Crippen molar-refractivity contribution in [2.75, 3.05) is 39.8 Å². The van der Waals surface area contributed by atoms with Gasteiger partial charge in [0.1, 0.15) is 11.3 Å². The Morgan fingerprint density at radius 3 is 2.02 bits per heavy atom. The summed E-state index contributed by atoms with van der Waals surface area (Å²) in [7, 11) is 2.41. The van der Waals surface area contributed by atoms with Gasteiger partial charge in [0.2, 0.25) is 0 Å². The van der Waals surface area contributed by atoms with Crippen molar-refractivity contribution in [3.8, 4) is 0 Å². The smallest absolute Gasteiger partial charge is 0.419 e. The number of hydrogen-bond donors (Lipinski definition) is 2. The molecule has 0 aliphatic rings. The number of rotatable bonds is 11. The molecule has 12 nitrogen and oxygen atoms in total. The van der Waals surface area contributed by atoms with Gasteiger partial charge in [-0.15, -0.1) is 0 Å². The molecule has 0 spiro atoms. The predicted molar refractivity (Wildman–Crippen MR) is 160 cm³/mol. The van der Waals surface area contributed by atoms with Crippen LogP contribution in [0.15, 0.2) is 46.9 Å². The molecule has 0 radical (unpaired) electrons. The van der Waals surface area contributed by atoms with Gasteiger partial charge in [-0.05, 0) is 64.3 Å². The first-order valence-electron chi connectivity index (χ1n) is 13.5. The number of carbonyl (C=O) groups excluding carboxylic acids is 1. The summed E-state index contributed by atoms with van der Waals surface area (Å²) >= 11 is 0. The van der Waals surface area contributed by atoms with E-state index in [9.17, 15) is 13.2 Å². The van der Waals surface area contributed by atoms with Crippen molar-refractivity contribution in [3.63, 3.8) is 0 Å². The Labute approximate surface area is 241 Å². The molecule has 0 fully saturated rings. The normalized spacial score (nSPS) is 10.8. The second-order valence-electron chi connectivity index (χ2n) is 8.82. The van der Waals surface area contributed by atoms with E-state index in [-0.39, 0.29) is 6.09 Å². The molecule has 230 valence electrons. The SMILES string of the molecule is CC.CC.CN(C)c1ccc(N=Nc2[nH]cc[n+]2CCCCCNC(=O)OC(C)(C)C)cc1.COS(=O)(=O)OC. The molecule has 40 heavy (non-hydrogen) atoms. The maximum atomic E-state index is 11.6. The molecule has 0 saturated heterocycles. The van der Waals surface area contributed by atoms with E-state index in [4.69, 9.17) is 4.74 Å². The van der Waals surface area contributed by atoms with Gasteiger partial charge >= 0.3 is 22.4 Å². The number of aryl methyl sites for hydroxylation is 1. The topological polar surface area (TPSA) is 139 Å². The highest BCUT2D eigenvalue weighted by atomic mass is 32.3. The van der Waals surface area contributed by atoms with Crippen LogP contribution in [0.5, 0.6) is 0 Å². The number of aromatic nitrogens is 2. The average molecular weight is 588 g/mol. The van der Waals surface area contributed by atoms with Crippen LogP contribution in [0.4, 0.5) is 22.1 Å². The van der Waals surface area contributed by atoms with Crippen molar-refractivity contribution in [1.29, 1.82) is 0 Å². The zero-order valence-electron chi connectivity index (χ0n) is 26.1. The van der Waals surface area contributed by atoms with Crippen molar-refractivity contribution >= 4 is 33.8 Å². The van der Waals surface area contributed by atoms with Gasteiger partial charge in [0.05, 0.1) is 33.2 Å². The van der Waals surface area contributed by atoms with Gasteiger partial charge in [-0.3, -0.25) is 8.37 Å². The number of benzene rings is 1. The molecule has 0 unspecified atom stereocenters. The van der Waals surface area contributed by atoms with E-state index in [2.05, 4.69) is 28.9 Å². The number of aromatic amines is 1. The zero-order valence-corrected chi connectivity index (χ0v) is 27.0. The van der Waals surface area contributed by atoms with Crippen LogP contribution in [0.3, 0.4) is 0 Å². The van der Waals surface area contributed by atoms with Crippen molar-refractivity contribution in [3.05, 3.63) is 36.7 Å². The molecule has 0 bridgehead atoms. The van der Waals surface area contributed by atoms with Crippen LogP contribution in [0.25, 0.3) is 0 Å². The maximum absolute atomic E-state index is 11.6. The zero-order chi connectivity index (χ0) is 31.2. The van der Waals surface area contributed by atoms with Crippen LogP contribution in [0, 0.1) is 0 Å². The highest BCUT2D eigenvalue weighted by Crippen LogP contribution is 2.19. The van der Waals surface area contributed by atoms with E-state index in [0.29, 0.717) is 12.5 Å². The van der Waals surface area contributed by atoms with Gasteiger partial charge in [0, 0.05) is 31.4 Å². The summed E-state index contributed by atoms with van der Waals surface area (Å²) < 4.78 is 34.8. The Kier molecular flexibility index (Phi) is 21.3. The number of nitrogens with one attached hydrogen (secondary N) is 2. The van der Waals surface area contributed by atoms with E-state index in [1.165, 1.54) is 0 Å². The number of azo groups is 1. The van der Waals surface area contributed by atoms with E-state index >= 15 is 0 Å². The van der Waals surface area contributed by atoms with E-state index in [1.54, 1.807) is 0 Å². The lowest BCUT2D eigenvalue weighted by atomic mass is 10.2. The van der Waals surface area contributed by atoms with Gasteiger partial charge in [-0.2, -0.15) is 8.42 Å². The number of amides is 1. The lowest BCUT2D eigenvalue weighted by molar-refractivity contribution is -0.683. The third kappa shape index (κ3) is 19.1. The molecule has 13 heteroatoms. The van der Waals surface area contributed by atoms with Crippen LogP contribution >= 0.6 is 0 Å². The fraction of sp³-hybridized carbons (Fsp3) is 0.630. The molecule has 0 aliphatic heterocycles. The molecule has 0 saturated carbocycles. The van der Waals surface area contributed by atoms with Crippen LogP contribution in [0.1, 0.15) is 67.7 Å². The molecular formula is C27H51N6O6S+. The molecule has 1 heterocycles. The standard InChI is InChI=1S/C21H32N6O2.C2H6O4S.2C2H6/c1-21(2,3)29-20(28)23-13-7-6-8-15-27-16-14-22-19(27)25-24-17-9-11-18(12-10-17)26(4)5;1-5-7(3,4)6-2;2*1-2/h9-12,14,16H,6-8,13,15H2,1-5H3,(H,23,28);1-2H3;2*1-2H3/p+1. The molecule has 0 atom stereocenters. The van der Waals surface area contributed by atoms with Crippen molar-refractivity contribution < 1.29 is 30.9 Å². The first-order valence-corrected chi connectivity index (χ1v) is 14.8.